The first-order chi connectivity index (χ1) is 11.1. The van der Waals surface area contributed by atoms with Crippen molar-refractivity contribution in [2.45, 2.75) is 40.0 Å². The van der Waals surface area contributed by atoms with Crippen LogP contribution in [0.3, 0.4) is 0 Å². The van der Waals surface area contributed by atoms with Crippen LogP contribution in [0.15, 0.2) is 71.9 Å². The van der Waals surface area contributed by atoms with Gasteiger partial charge in [0.1, 0.15) is 0 Å². The first kappa shape index (κ1) is 23.0. The van der Waals surface area contributed by atoms with Crippen LogP contribution in [-0.4, -0.2) is 12.4 Å². The van der Waals surface area contributed by atoms with Gasteiger partial charge in [-0.25, -0.2) is 0 Å². The van der Waals surface area contributed by atoms with Crippen molar-refractivity contribution in [3.63, 3.8) is 0 Å². The third kappa shape index (κ3) is 4.77. The molecule has 0 aromatic heterocycles. The minimum atomic E-state index is -5.67. The largest absolute Gasteiger partial charge is 0.411 e. The molecule has 0 aliphatic rings. The molecule has 0 aromatic carbocycles. The van der Waals surface area contributed by atoms with Gasteiger partial charge in [0, 0.05) is 0 Å². The molecule has 0 saturated carbocycles. The molecule has 0 bridgehead atoms. The fraction of sp³-hybridized carbons (Fsp3) is 0.368. The Morgan fingerprint density at radius 2 is 1.16 bits per heavy atom. The van der Waals surface area contributed by atoms with Gasteiger partial charge in [-0.15, -0.1) is 0 Å². The summed E-state index contributed by atoms with van der Waals surface area (Å²) < 4.78 is 82.3. The molecule has 0 heterocycles. The van der Waals surface area contributed by atoms with Gasteiger partial charge in [0.2, 0.25) is 5.41 Å². The summed E-state index contributed by atoms with van der Waals surface area (Å²) >= 11 is 0. The summed E-state index contributed by atoms with van der Waals surface area (Å²) in [5.74, 6) is 0. The minimum Gasteiger partial charge on any atom is -0.169 e. The van der Waals surface area contributed by atoms with Crippen LogP contribution < -0.4 is 0 Å². The van der Waals surface area contributed by atoms with Crippen molar-refractivity contribution in [1.82, 2.24) is 0 Å². The summed E-state index contributed by atoms with van der Waals surface area (Å²) in [5, 5.41) is 0. The van der Waals surface area contributed by atoms with E-state index < -0.39 is 28.9 Å². The first-order valence-corrected chi connectivity index (χ1v) is 7.30. The molecule has 0 amide bonds. The molecule has 0 aliphatic carbocycles. The molecule has 0 fully saturated rings. The van der Waals surface area contributed by atoms with E-state index in [1.54, 1.807) is 6.92 Å². The second kappa shape index (κ2) is 7.93. The Kier molecular flexibility index (Phi) is 7.30. The Labute approximate surface area is 144 Å². The molecule has 6 heteroatoms. The van der Waals surface area contributed by atoms with Crippen molar-refractivity contribution in [2.75, 3.05) is 0 Å². The molecule has 0 saturated heterocycles. The third-order valence-corrected chi connectivity index (χ3v) is 3.71. The predicted octanol–water partition coefficient (Wildman–Crippen LogP) is 7.25. The van der Waals surface area contributed by atoms with Crippen LogP contribution in [0.4, 0.5) is 26.3 Å². The Hall–Kier alpha value is -1.98. The van der Waals surface area contributed by atoms with Gasteiger partial charge < -0.3 is 0 Å². The lowest BCUT2D eigenvalue weighted by molar-refractivity contribution is -0.308. The molecule has 0 spiro atoms. The van der Waals surface area contributed by atoms with E-state index in [9.17, 15) is 26.3 Å². The maximum absolute atomic E-state index is 13.7. The fourth-order valence-electron chi connectivity index (χ4n) is 2.28. The normalized spacial score (nSPS) is 14.8. The van der Waals surface area contributed by atoms with E-state index in [1.807, 2.05) is 0 Å². The summed E-state index contributed by atoms with van der Waals surface area (Å²) in [6.45, 7) is 15.5. The molecule has 0 rings (SSSR count). The number of allylic oxidation sites excluding steroid dienone is 9. The quantitative estimate of drug-likeness (QED) is 0.344. The average molecular weight is 364 g/mol. The van der Waals surface area contributed by atoms with Crippen LogP contribution in [0.1, 0.15) is 27.7 Å². The van der Waals surface area contributed by atoms with E-state index in [2.05, 4.69) is 19.7 Å². The van der Waals surface area contributed by atoms with Gasteiger partial charge in [-0.3, -0.25) is 0 Å². The van der Waals surface area contributed by atoms with Crippen LogP contribution in [0.25, 0.3) is 0 Å². The monoisotopic (exact) mass is 364 g/mol. The average Bonchev–Trinajstić information content (AvgIpc) is 2.35. The number of hydrogen-bond donors (Lipinski definition) is 0. The summed E-state index contributed by atoms with van der Waals surface area (Å²) in [6, 6.07) is 0. The molecule has 0 radical (unpaired) electrons. The molecule has 25 heavy (non-hydrogen) atoms. The summed E-state index contributed by atoms with van der Waals surface area (Å²) in [6.07, 6.45) is -6.91. The topological polar surface area (TPSA) is 0 Å². The van der Waals surface area contributed by atoms with Crippen molar-refractivity contribution in [3.05, 3.63) is 71.9 Å². The van der Waals surface area contributed by atoms with Crippen LogP contribution in [-0.2, 0) is 0 Å². The van der Waals surface area contributed by atoms with Gasteiger partial charge in [0.25, 0.3) is 0 Å². The molecular weight excluding hydrogens is 342 g/mol. The molecule has 0 atom stereocenters. The number of rotatable bonds is 6. The van der Waals surface area contributed by atoms with E-state index in [-0.39, 0.29) is 11.1 Å². The predicted molar refractivity (Wildman–Crippen MR) is 90.0 cm³/mol. The lowest BCUT2D eigenvalue weighted by Crippen LogP contribution is -2.52. The lowest BCUT2D eigenvalue weighted by atomic mass is 9.72. The zero-order valence-electron chi connectivity index (χ0n) is 14.7. The number of alkyl halides is 6. The fourth-order valence-corrected chi connectivity index (χ4v) is 2.28. The second-order valence-corrected chi connectivity index (χ2v) is 5.79. The van der Waals surface area contributed by atoms with Crippen LogP contribution in [0.5, 0.6) is 0 Å². The van der Waals surface area contributed by atoms with Crippen molar-refractivity contribution in [3.8, 4) is 0 Å². The van der Waals surface area contributed by atoms with Gasteiger partial charge >= 0.3 is 12.4 Å². The highest BCUT2D eigenvalue weighted by Gasteiger charge is 2.72. The van der Waals surface area contributed by atoms with Crippen molar-refractivity contribution < 1.29 is 26.3 Å². The molecule has 0 N–H and O–H groups in total. The van der Waals surface area contributed by atoms with E-state index in [0.717, 1.165) is 12.2 Å². The maximum Gasteiger partial charge on any atom is 0.411 e. The van der Waals surface area contributed by atoms with Gasteiger partial charge in [0.15, 0.2) is 0 Å². The maximum atomic E-state index is 13.7. The van der Waals surface area contributed by atoms with E-state index in [1.165, 1.54) is 32.9 Å². The lowest BCUT2D eigenvalue weighted by Gasteiger charge is -2.39. The minimum absolute atomic E-state index is 0.171. The van der Waals surface area contributed by atoms with Crippen molar-refractivity contribution >= 4 is 0 Å². The smallest absolute Gasteiger partial charge is 0.169 e. The molecule has 0 nitrogen and oxygen atoms in total. The third-order valence-electron chi connectivity index (χ3n) is 3.71. The molecular formula is C19H22F6. The SMILES string of the molecule is C=C(C)C(C)=CC(=C)C(C(=C)C=C(C)C=CC)(C(F)(F)F)C(F)(F)F. The highest BCUT2D eigenvalue weighted by Crippen LogP contribution is 2.59. The van der Waals surface area contributed by atoms with Crippen LogP contribution >= 0.6 is 0 Å². The first-order valence-electron chi connectivity index (χ1n) is 7.30. The molecule has 140 valence electrons. The zero-order valence-corrected chi connectivity index (χ0v) is 14.7. The summed E-state index contributed by atoms with van der Waals surface area (Å²) in [5.41, 5.74) is -5.85. The van der Waals surface area contributed by atoms with Gasteiger partial charge in [-0.1, -0.05) is 55.2 Å². The summed E-state index contributed by atoms with van der Waals surface area (Å²) in [4.78, 5) is 0. The Balaban J connectivity index is 6.75. The standard InChI is InChI=1S/C19H22F6/c1-8-9-13(4)10-15(6)17(18(20,21)22,19(23,24)25)16(7)11-14(5)12(2)3/h8-11H,2,6-7H2,1,3-5H3. The van der Waals surface area contributed by atoms with E-state index in [4.69, 9.17) is 0 Å². The number of halogens is 6. The zero-order chi connectivity index (χ0) is 20.2. The van der Waals surface area contributed by atoms with E-state index >= 15 is 0 Å². The van der Waals surface area contributed by atoms with Gasteiger partial charge in [-0.2, -0.15) is 26.3 Å². The van der Waals surface area contributed by atoms with E-state index in [0.29, 0.717) is 5.57 Å². The molecule has 0 aromatic rings. The van der Waals surface area contributed by atoms with Gasteiger partial charge in [-0.05, 0) is 44.4 Å². The Morgan fingerprint density at radius 1 is 0.760 bits per heavy atom. The van der Waals surface area contributed by atoms with Crippen LogP contribution in [0, 0.1) is 5.41 Å². The van der Waals surface area contributed by atoms with Crippen LogP contribution in [0.2, 0.25) is 0 Å². The van der Waals surface area contributed by atoms with Crippen molar-refractivity contribution in [2.24, 2.45) is 5.41 Å². The molecule has 0 unspecified atom stereocenters. The highest BCUT2D eigenvalue weighted by atomic mass is 19.4. The highest BCUT2D eigenvalue weighted by molar-refractivity contribution is 5.47. The molecule has 0 aliphatic heterocycles. The van der Waals surface area contributed by atoms with Gasteiger partial charge in [0.05, 0.1) is 0 Å². The summed E-state index contributed by atoms with van der Waals surface area (Å²) in [7, 11) is 0. The Bertz CT molecular complexity index is 622. The number of hydrogen-bond acceptors (Lipinski definition) is 0. The second-order valence-electron chi connectivity index (χ2n) is 5.79. The van der Waals surface area contributed by atoms with Crippen molar-refractivity contribution in [1.29, 1.82) is 0 Å². The Morgan fingerprint density at radius 3 is 1.48 bits per heavy atom.